The van der Waals surface area contributed by atoms with Crippen molar-refractivity contribution < 1.29 is 0 Å². The number of benzene rings is 1. The van der Waals surface area contributed by atoms with Crippen molar-refractivity contribution >= 4 is 18.3 Å². The minimum atomic E-state index is 0.869. The van der Waals surface area contributed by atoms with Gasteiger partial charge in [-0.2, -0.15) is 12.6 Å². The van der Waals surface area contributed by atoms with E-state index in [1.165, 1.54) is 11.3 Å². The SMILES string of the molecule is Cc1cccc(NCCS)c1. The molecule has 0 radical (unpaired) electrons. The monoisotopic (exact) mass is 167 g/mol. The van der Waals surface area contributed by atoms with Gasteiger partial charge in [-0.05, 0) is 24.6 Å². The first-order valence-electron chi connectivity index (χ1n) is 3.74. The summed E-state index contributed by atoms with van der Waals surface area (Å²) in [6, 6.07) is 8.34. The Bertz CT molecular complexity index is 223. The van der Waals surface area contributed by atoms with Crippen molar-refractivity contribution in [3.63, 3.8) is 0 Å². The van der Waals surface area contributed by atoms with Crippen molar-refractivity contribution in [1.29, 1.82) is 0 Å². The predicted octanol–water partition coefficient (Wildman–Crippen LogP) is 2.34. The average Bonchev–Trinajstić information content (AvgIpc) is 2.01. The highest BCUT2D eigenvalue weighted by atomic mass is 32.1. The lowest BCUT2D eigenvalue weighted by molar-refractivity contribution is 1.23. The molecule has 0 bridgehead atoms. The van der Waals surface area contributed by atoms with Gasteiger partial charge in [0.25, 0.3) is 0 Å². The maximum atomic E-state index is 4.11. The Morgan fingerprint density at radius 3 is 2.91 bits per heavy atom. The molecule has 0 atom stereocenters. The Labute approximate surface area is 73.2 Å². The molecule has 0 saturated heterocycles. The van der Waals surface area contributed by atoms with Gasteiger partial charge in [0.15, 0.2) is 0 Å². The fourth-order valence-corrected chi connectivity index (χ4v) is 1.07. The van der Waals surface area contributed by atoms with Crippen LogP contribution in [0.2, 0.25) is 0 Å². The van der Waals surface area contributed by atoms with Crippen LogP contribution in [-0.4, -0.2) is 12.3 Å². The summed E-state index contributed by atoms with van der Waals surface area (Å²) in [5, 5.41) is 3.26. The number of nitrogens with one attached hydrogen (secondary N) is 1. The van der Waals surface area contributed by atoms with E-state index in [1.807, 2.05) is 0 Å². The second kappa shape index (κ2) is 4.29. The third-order valence-corrected chi connectivity index (χ3v) is 1.68. The van der Waals surface area contributed by atoms with Gasteiger partial charge in [-0.3, -0.25) is 0 Å². The molecule has 1 nitrogen and oxygen atoms in total. The highest BCUT2D eigenvalue weighted by Gasteiger charge is 1.88. The van der Waals surface area contributed by atoms with Crippen LogP contribution in [0.5, 0.6) is 0 Å². The summed E-state index contributed by atoms with van der Waals surface area (Å²) in [7, 11) is 0. The van der Waals surface area contributed by atoms with E-state index in [2.05, 4.69) is 49.1 Å². The molecule has 0 amide bonds. The van der Waals surface area contributed by atoms with Gasteiger partial charge >= 0.3 is 0 Å². The largest absolute Gasteiger partial charge is 0.384 e. The molecule has 0 fully saturated rings. The van der Waals surface area contributed by atoms with E-state index in [-0.39, 0.29) is 0 Å². The first-order valence-corrected chi connectivity index (χ1v) is 4.37. The Balaban J connectivity index is 2.56. The molecule has 0 aromatic heterocycles. The Morgan fingerprint density at radius 1 is 1.45 bits per heavy atom. The van der Waals surface area contributed by atoms with Crippen LogP contribution in [0, 0.1) is 6.92 Å². The van der Waals surface area contributed by atoms with Gasteiger partial charge in [0.1, 0.15) is 0 Å². The van der Waals surface area contributed by atoms with Crippen LogP contribution in [0.1, 0.15) is 5.56 Å². The van der Waals surface area contributed by atoms with Crippen molar-refractivity contribution in [3.8, 4) is 0 Å². The summed E-state index contributed by atoms with van der Waals surface area (Å²) in [5.74, 6) is 0.869. The van der Waals surface area contributed by atoms with Gasteiger partial charge in [-0.15, -0.1) is 0 Å². The molecule has 0 heterocycles. The Morgan fingerprint density at radius 2 is 2.27 bits per heavy atom. The molecule has 1 aromatic rings. The molecule has 0 aliphatic heterocycles. The van der Waals surface area contributed by atoms with Crippen molar-refractivity contribution in [2.24, 2.45) is 0 Å². The third-order valence-electron chi connectivity index (χ3n) is 1.46. The first kappa shape index (κ1) is 8.47. The lowest BCUT2D eigenvalue weighted by atomic mass is 10.2. The van der Waals surface area contributed by atoms with E-state index in [0.717, 1.165) is 12.3 Å². The minimum absolute atomic E-state index is 0.869. The molecule has 11 heavy (non-hydrogen) atoms. The van der Waals surface area contributed by atoms with E-state index in [4.69, 9.17) is 0 Å². The van der Waals surface area contributed by atoms with Crippen LogP contribution in [-0.2, 0) is 0 Å². The highest BCUT2D eigenvalue weighted by Crippen LogP contribution is 2.08. The first-order chi connectivity index (χ1) is 5.33. The molecule has 0 spiro atoms. The van der Waals surface area contributed by atoms with Gasteiger partial charge in [-0.25, -0.2) is 0 Å². The zero-order chi connectivity index (χ0) is 8.10. The van der Waals surface area contributed by atoms with Crippen LogP contribution in [0.3, 0.4) is 0 Å². The van der Waals surface area contributed by atoms with Crippen molar-refractivity contribution in [1.82, 2.24) is 0 Å². The highest BCUT2D eigenvalue weighted by molar-refractivity contribution is 7.80. The van der Waals surface area contributed by atoms with E-state index in [9.17, 15) is 0 Å². The quantitative estimate of drug-likeness (QED) is 0.658. The van der Waals surface area contributed by atoms with Crippen LogP contribution in [0.15, 0.2) is 24.3 Å². The third kappa shape index (κ3) is 2.85. The average molecular weight is 167 g/mol. The Kier molecular flexibility index (Phi) is 3.30. The van der Waals surface area contributed by atoms with Gasteiger partial charge < -0.3 is 5.32 Å². The second-order valence-electron chi connectivity index (χ2n) is 2.52. The molecule has 0 unspecified atom stereocenters. The predicted molar refractivity (Wildman–Crippen MR) is 53.5 cm³/mol. The van der Waals surface area contributed by atoms with E-state index in [1.54, 1.807) is 0 Å². The summed E-state index contributed by atoms with van der Waals surface area (Å²) in [4.78, 5) is 0. The molecular formula is C9H13NS. The fraction of sp³-hybridized carbons (Fsp3) is 0.333. The van der Waals surface area contributed by atoms with Gasteiger partial charge in [-0.1, -0.05) is 12.1 Å². The molecule has 1 N–H and O–H groups in total. The Hall–Kier alpha value is -0.630. The van der Waals surface area contributed by atoms with Crippen LogP contribution in [0.25, 0.3) is 0 Å². The zero-order valence-corrected chi connectivity index (χ0v) is 7.57. The molecular weight excluding hydrogens is 154 g/mol. The molecule has 2 heteroatoms. The lowest BCUT2D eigenvalue weighted by Crippen LogP contribution is -2.01. The molecule has 0 aliphatic rings. The maximum absolute atomic E-state index is 4.11. The standard InChI is InChI=1S/C9H13NS/c1-8-3-2-4-9(7-8)10-5-6-11/h2-4,7,10-11H,5-6H2,1H3. The molecule has 0 saturated carbocycles. The smallest absolute Gasteiger partial charge is 0.0343 e. The van der Waals surface area contributed by atoms with Crippen LogP contribution in [0.4, 0.5) is 5.69 Å². The minimum Gasteiger partial charge on any atom is -0.384 e. The molecule has 60 valence electrons. The van der Waals surface area contributed by atoms with Gasteiger partial charge in [0, 0.05) is 18.0 Å². The molecule has 1 rings (SSSR count). The van der Waals surface area contributed by atoms with Gasteiger partial charge in [0.2, 0.25) is 0 Å². The number of aryl methyl sites for hydroxylation is 1. The summed E-state index contributed by atoms with van der Waals surface area (Å²) in [6.45, 7) is 3.01. The number of anilines is 1. The number of thiol groups is 1. The van der Waals surface area contributed by atoms with Crippen LogP contribution < -0.4 is 5.32 Å². The zero-order valence-electron chi connectivity index (χ0n) is 6.67. The van der Waals surface area contributed by atoms with Crippen molar-refractivity contribution in [2.75, 3.05) is 17.6 Å². The van der Waals surface area contributed by atoms with Crippen LogP contribution >= 0.6 is 12.6 Å². The molecule has 1 aromatic carbocycles. The van der Waals surface area contributed by atoms with E-state index < -0.39 is 0 Å². The summed E-state index contributed by atoms with van der Waals surface area (Å²) < 4.78 is 0. The van der Waals surface area contributed by atoms with Gasteiger partial charge in [0.05, 0.1) is 0 Å². The second-order valence-corrected chi connectivity index (χ2v) is 2.97. The van der Waals surface area contributed by atoms with Crippen molar-refractivity contribution in [2.45, 2.75) is 6.92 Å². The number of rotatable bonds is 3. The summed E-state index contributed by atoms with van der Waals surface area (Å²) >= 11 is 4.11. The molecule has 0 aliphatic carbocycles. The number of hydrogen-bond acceptors (Lipinski definition) is 2. The maximum Gasteiger partial charge on any atom is 0.0343 e. The summed E-state index contributed by atoms with van der Waals surface area (Å²) in [6.07, 6.45) is 0. The summed E-state index contributed by atoms with van der Waals surface area (Å²) in [5.41, 5.74) is 2.47. The number of hydrogen-bond donors (Lipinski definition) is 2. The van der Waals surface area contributed by atoms with E-state index >= 15 is 0 Å². The topological polar surface area (TPSA) is 12.0 Å². The van der Waals surface area contributed by atoms with Crippen molar-refractivity contribution in [3.05, 3.63) is 29.8 Å². The normalized spacial score (nSPS) is 9.64. The lowest BCUT2D eigenvalue weighted by Gasteiger charge is -2.03. The fourth-order valence-electron chi connectivity index (χ4n) is 0.955. The van der Waals surface area contributed by atoms with E-state index in [0.29, 0.717) is 0 Å².